The molecule has 0 aliphatic heterocycles. The van der Waals surface area contributed by atoms with E-state index in [4.69, 9.17) is 0 Å². The Hall–Kier alpha value is -1.38. The van der Waals surface area contributed by atoms with E-state index in [0.29, 0.717) is 19.5 Å². The van der Waals surface area contributed by atoms with Crippen LogP contribution in [0.2, 0.25) is 0 Å². The van der Waals surface area contributed by atoms with Crippen molar-refractivity contribution in [1.82, 2.24) is 24.9 Å². The molecule has 0 unspecified atom stereocenters. The molecule has 7 heteroatoms. The molecule has 0 aromatic carbocycles. The van der Waals surface area contributed by atoms with Crippen LogP contribution in [0.4, 0.5) is 0 Å². The van der Waals surface area contributed by atoms with Crippen LogP contribution >= 0.6 is 22.6 Å². The van der Waals surface area contributed by atoms with Gasteiger partial charge >= 0.3 is 0 Å². The number of amides is 1. The van der Waals surface area contributed by atoms with E-state index in [1.54, 1.807) is 0 Å². The molecule has 0 atom stereocenters. The third kappa shape index (κ3) is 4.05. The topological polar surface area (TPSA) is 64.7 Å². The summed E-state index contributed by atoms with van der Waals surface area (Å²) in [5.41, 5.74) is 3.17. The van der Waals surface area contributed by atoms with Gasteiger partial charge in [0.1, 0.15) is 0 Å². The van der Waals surface area contributed by atoms with Crippen LogP contribution in [0.1, 0.15) is 30.3 Å². The zero-order valence-corrected chi connectivity index (χ0v) is 14.7. The molecule has 114 valence electrons. The second kappa shape index (κ2) is 7.06. The lowest BCUT2D eigenvalue weighted by atomic mass is 10.2. The minimum Gasteiger partial charge on any atom is -0.352 e. The van der Waals surface area contributed by atoms with Crippen molar-refractivity contribution in [3.63, 3.8) is 0 Å². The van der Waals surface area contributed by atoms with Crippen molar-refractivity contribution in [1.29, 1.82) is 0 Å². The highest BCUT2D eigenvalue weighted by Crippen LogP contribution is 2.09. The third-order valence-electron chi connectivity index (χ3n) is 3.43. The van der Waals surface area contributed by atoms with Gasteiger partial charge in [-0.2, -0.15) is 10.2 Å². The molecule has 0 aliphatic rings. The van der Waals surface area contributed by atoms with Crippen LogP contribution in [0, 0.1) is 17.4 Å². The van der Waals surface area contributed by atoms with E-state index in [1.165, 1.54) is 0 Å². The summed E-state index contributed by atoms with van der Waals surface area (Å²) in [6.07, 6.45) is 4.20. The fourth-order valence-electron chi connectivity index (χ4n) is 2.08. The largest absolute Gasteiger partial charge is 0.352 e. The van der Waals surface area contributed by atoms with Crippen LogP contribution in [0.15, 0.2) is 12.4 Å². The Morgan fingerprint density at radius 2 is 2.19 bits per heavy atom. The first-order valence-corrected chi connectivity index (χ1v) is 8.06. The SMILES string of the molecule is CCn1ncc(CNC(=O)CCn2cc(I)c(C)n2)c1C. The minimum atomic E-state index is 0.0295. The molecule has 1 amide bonds. The van der Waals surface area contributed by atoms with Gasteiger partial charge in [0.25, 0.3) is 0 Å². The van der Waals surface area contributed by atoms with Crippen molar-refractivity contribution in [3.05, 3.63) is 32.9 Å². The number of nitrogens with zero attached hydrogens (tertiary/aromatic N) is 4. The Kier molecular flexibility index (Phi) is 5.38. The number of hydrogen-bond donors (Lipinski definition) is 1. The summed E-state index contributed by atoms with van der Waals surface area (Å²) < 4.78 is 4.86. The van der Waals surface area contributed by atoms with Crippen LogP contribution in [0.25, 0.3) is 0 Å². The summed E-state index contributed by atoms with van der Waals surface area (Å²) in [7, 11) is 0. The monoisotopic (exact) mass is 401 g/mol. The number of aromatic nitrogens is 4. The van der Waals surface area contributed by atoms with E-state index < -0.39 is 0 Å². The predicted octanol–water partition coefficient (Wildman–Crippen LogP) is 2.03. The Bertz CT molecular complexity index is 612. The highest BCUT2D eigenvalue weighted by Gasteiger charge is 2.08. The van der Waals surface area contributed by atoms with Crippen LogP contribution in [-0.4, -0.2) is 25.5 Å². The molecule has 0 bridgehead atoms. The van der Waals surface area contributed by atoms with Crippen molar-refractivity contribution in [2.75, 3.05) is 0 Å². The van der Waals surface area contributed by atoms with Gasteiger partial charge in [0.15, 0.2) is 0 Å². The van der Waals surface area contributed by atoms with Crippen LogP contribution in [0.3, 0.4) is 0 Å². The van der Waals surface area contributed by atoms with E-state index in [2.05, 4.69) is 45.0 Å². The molecule has 2 rings (SSSR count). The summed E-state index contributed by atoms with van der Waals surface area (Å²) in [5, 5.41) is 11.5. The lowest BCUT2D eigenvalue weighted by Gasteiger charge is -2.06. The van der Waals surface area contributed by atoms with Gasteiger partial charge in [0.05, 0.1) is 15.5 Å². The van der Waals surface area contributed by atoms with E-state index in [-0.39, 0.29) is 5.91 Å². The summed E-state index contributed by atoms with van der Waals surface area (Å²) in [6, 6.07) is 0. The summed E-state index contributed by atoms with van der Waals surface area (Å²) in [5.74, 6) is 0.0295. The number of hydrogen-bond acceptors (Lipinski definition) is 3. The van der Waals surface area contributed by atoms with Crippen LogP contribution in [0.5, 0.6) is 0 Å². The van der Waals surface area contributed by atoms with Gasteiger partial charge in [-0.15, -0.1) is 0 Å². The molecule has 2 heterocycles. The Balaban J connectivity index is 1.80. The maximum Gasteiger partial charge on any atom is 0.222 e. The summed E-state index contributed by atoms with van der Waals surface area (Å²) in [4.78, 5) is 11.9. The van der Waals surface area contributed by atoms with E-state index in [0.717, 1.165) is 27.1 Å². The maximum atomic E-state index is 11.9. The van der Waals surface area contributed by atoms with E-state index >= 15 is 0 Å². The van der Waals surface area contributed by atoms with Crippen molar-refractivity contribution >= 4 is 28.5 Å². The van der Waals surface area contributed by atoms with Gasteiger partial charge in [-0.25, -0.2) is 0 Å². The molecule has 6 nitrogen and oxygen atoms in total. The number of carbonyl (C=O) groups is 1. The standard InChI is InChI=1S/C14H20IN5O/c1-4-20-11(3)12(8-17-20)7-16-14(21)5-6-19-9-13(15)10(2)18-19/h8-9H,4-7H2,1-3H3,(H,16,21). The second-order valence-electron chi connectivity index (χ2n) is 4.92. The van der Waals surface area contributed by atoms with Gasteiger partial charge in [0, 0.05) is 43.5 Å². The average molecular weight is 401 g/mol. The zero-order chi connectivity index (χ0) is 15.4. The number of aryl methyl sites for hydroxylation is 3. The molecule has 0 spiro atoms. The molecular weight excluding hydrogens is 381 g/mol. The number of nitrogens with one attached hydrogen (secondary N) is 1. The Morgan fingerprint density at radius 1 is 1.43 bits per heavy atom. The zero-order valence-electron chi connectivity index (χ0n) is 12.6. The highest BCUT2D eigenvalue weighted by molar-refractivity contribution is 14.1. The van der Waals surface area contributed by atoms with Crippen molar-refractivity contribution < 1.29 is 4.79 Å². The molecule has 0 saturated heterocycles. The van der Waals surface area contributed by atoms with E-state index in [9.17, 15) is 4.79 Å². The Morgan fingerprint density at radius 3 is 2.76 bits per heavy atom. The third-order valence-corrected chi connectivity index (χ3v) is 4.49. The predicted molar refractivity (Wildman–Crippen MR) is 88.8 cm³/mol. The van der Waals surface area contributed by atoms with Gasteiger partial charge < -0.3 is 5.32 Å². The molecule has 0 fully saturated rings. The van der Waals surface area contributed by atoms with Gasteiger partial charge in [-0.3, -0.25) is 14.2 Å². The molecule has 2 aromatic rings. The number of rotatable bonds is 6. The lowest BCUT2D eigenvalue weighted by Crippen LogP contribution is -2.24. The fraction of sp³-hybridized carbons (Fsp3) is 0.500. The molecule has 0 saturated carbocycles. The van der Waals surface area contributed by atoms with Crippen LogP contribution in [-0.2, 0) is 24.4 Å². The fourth-order valence-corrected chi connectivity index (χ4v) is 2.51. The van der Waals surface area contributed by atoms with Gasteiger partial charge in [0.2, 0.25) is 5.91 Å². The molecule has 1 N–H and O–H groups in total. The quantitative estimate of drug-likeness (QED) is 0.754. The number of halogens is 1. The first-order valence-electron chi connectivity index (χ1n) is 6.98. The van der Waals surface area contributed by atoms with E-state index in [1.807, 2.05) is 35.6 Å². The second-order valence-corrected chi connectivity index (χ2v) is 6.09. The molecular formula is C14H20IN5O. The maximum absolute atomic E-state index is 11.9. The normalized spacial score (nSPS) is 10.9. The number of carbonyl (C=O) groups excluding carboxylic acids is 1. The molecule has 0 radical (unpaired) electrons. The Labute approximate surface area is 138 Å². The smallest absolute Gasteiger partial charge is 0.222 e. The first-order chi connectivity index (χ1) is 10.0. The molecule has 0 aliphatic carbocycles. The average Bonchev–Trinajstić information content (AvgIpc) is 2.97. The molecule has 2 aromatic heterocycles. The minimum absolute atomic E-state index is 0.0295. The first kappa shape index (κ1) is 16.0. The lowest BCUT2D eigenvalue weighted by molar-refractivity contribution is -0.121. The van der Waals surface area contributed by atoms with Crippen LogP contribution < -0.4 is 5.32 Å². The summed E-state index contributed by atoms with van der Waals surface area (Å²) >= 11 is 2.24. The highest BCUT2D eigenvalue weighted by atomic mass is 127. The van der Waals surface area contributed by atoms with Crippen molar-refractivity contribution in [2.45, 2.75) is 46.8 Å². The van der Waals surface area contributed by atoms with Gasteiger partial charge in [-0.05, 0) is 43.4 Å². The van der Waals surface area contributed by atoms with Gasteiger partial charge in [-0.1, -0.05) is 0 Å². The summed E-state index contributed by atoms with van der Waals surface area (Å²) in [6.45, 7) is 8.01. The molecule has 21 heavy (non-hydrogen) atoms. The van der Waals surface area contributed by atoms with Crippen molar-refractivity contribution in [2.24, 2.45) is 0 Å². The van der Waals surface area contributed by atoms with Crippen molar-refractivity contribution in [3.8, 4) is 0 Å².